The van der Waals surface area contributed by atoms with Crippen molar-refractivity contribution >= 4 is 11.6 Å². The van der Waals surface area contributed by atoms with Crippen LogP contribution in [0.25, 0.3) is 0 Å². The zero-order chi connectivity index (χ0) is 16.1. The second-order valence-electron chi connectivity index (χ2n) is 5.84. The van der Waals surface area contributed by atoms with Gasteiger partial charge in [0.25, 0.3) is 0 Å². The maximum Gasteiger partial charge on any atom is 0.128 e. The van der Waals surface area contributed by atoms with E-state index in [2.05, 4.69) is 14.8 Å². The van der Waals surface area contributed by atoms with E-state index < -0.39 is 0 Å². The average molecular weight is 335 g/mol. The molecule has 1 fully saturated rings. The van der Waals surface area contributed by atoms with Gasteiger partial charge in [0.2, 0.25) is 0 Å². The Morgan fingerprint density at radius 2 is 1.78 bits per heavy atom. The number of imidazole rings is 1. The van der Waals surface area contributed by atoms with Crippen LogP contribution in [0.1, 0.15) is 5.82 Å². The van der Waals surface area contributed by atoms with Crippen molar-refractivity contribution in [3.05, 3.63) is 47.5 Å². The molecule has 1 saturated heterocycles. The minimum atomic E-state index is 0.691. The summed E-state index contributed by atoms with van der Waals surface area (Å²) in [6.07, 6.45) is 1.72. The van der Waals surface area contributed by atoms with Crippen molar-refractivity contribution < 1.29 is 4.74 Å². The molecule has 1 aliphatic rings. The van der Waals surface area contributed by atoms with Crippen molar-refractivity contribution in [2.45, 2.75) is 6.54 Å². The third-order valence-electron chi connectivity index (χ3n) is 4.28. The highest BCUT2D eigenvalue weighted by Crippen LogP contribution is 2.13. The summed E-state index contributed by atoms with van der Waals surface area (Å²) in [4.78, 5) is 9.24. The SMILES string of the molecule is Cn1c(Cl)cnc1CN1CCN(CCOc2ccccc2)CC1. The van der Waals surface area contributed by atoms with Gasteiger partial charge in [-0.05, 0) is 12.1 Å². The largest absolute Gasteiger partial charge is 0.492 e. The number of aromatic nitrogens is 2. The molecular formula is C17H23ClN4O. The summed E-state index contributed by atoms with van der Waals surface area (Å²) < 4.78 is 7.71. The van der Waals surface area contributed by atoms with Crippen LogP contribution < -0.4 is 4.74 Å². The van der Waals surface area contributed by atoms with E-state index in [1.165, 1.54) is 0 Å². The Morgan fingerprint density at radius 3 is 2.43 bits per heavy atom. The Morgan fingerprint density at radius 1 is 1.09 bits per heavy atom. The van der Waals surface area contributed by atoms with E-state index in [1.54, 1.807) is 6.20 Å². The molecule has 0 amide bonds. The average Bonchev–Trinajstić information content (AvgIpc) is 2.89. The highest BCUT2D eigenvalue weighted by atomic mass is 35.5. The first-order valence-electron chi connectivity index (χ1n) is 8.01. The molecule has 0 aliphatic carbocycles. The first kappa shape index (κ1) is 16.3. The van der Waals surface area contributed by atoms with E-state index in [1.807, 2.05) is 41.9 Å². The Bertz CT molecular complexity index is 608. The lowest BCUT2D eigenvalue weighted by atomic mass is 10.3. The molecule has 124 valence electrons. The molecule has 1 aromatic heterocycles. The molecule has 23 heavy (non-hydrogen) atoms. The van der Waals surface area contributed by atoms with Gasteiger partial charge in [-0.25, -0.2) is 4.98 Å². The van der Waals surface area contributed by atoms with Gasteiger partial charge in [-0.1, -0.05) is 29.8 Å². The molecule has 3 rings (SSSR count). The van der Waals surface area contributed by atoms with Gasteiger partial charge >= 0.3 is 0 Å². The Hall–Kier alpha value is -1.56. The predicted molar refractivity (Wildman–Crippen MR) is 91.9 cm³/mol. The normalized spacial score (nSPS) is 16.6. The molecule has 0 N–H and O–H groups in total. The number of para-hydroxylation sites is 1. The molecular weight excluding hydrogens is 312 g/mol. The van der Waals surface area contributed by atoms with Gasteiger partial charge in [-0.3, -0.25) is 9.80 Å². The molecule has 2 aromatic rings. The van der Waals surface area contributed by atoms with E-state index in [-0.39, 0.29) is 0 Å². The monoisotopic (exact) mass is 334 g/mol. The molecule has 0 bridgehead atoms. The van der Waals surface area contributed by atoms with Crippen LogP contribution in [0.5, 0.6) is 5.75 Å². The van der Waals surface area contributed by atoms with Crippen LogP contribution in [0, 0.1) is 0 Å². The minimum absolute atomic E-state index is 0.691. The molecule has 0 radical (unpaired) electrons. The van der Waals surface area contributed by atoms with Gasteiger partial charge in [0.1, 0.15) is 23.3 Å². The number of halogens is 1. The van der Waals surface area contributed by atoms with Crippen LogP contribution in [0.2, 0.25) is 5.15 Å². The van der Waals surface area contributed by atoms with Crippen molar-refractivity contribution in [1.29, 1.82) is 0 Å². The zero-order valence-corrected chi connectivity index (χ0v) is 14.2. The number of rotatable bonds is 6. The lowest BCUT2D eigenvalue weighted by Crippen LogP contribution is -2.47. The van der Waals surface area contributed by atoms with Crippen LogP contribution in [0.15, 0.2) is 36.5 Å². The standard InChI is InChI=1S/C17H23ClN4O/c1-20-16(18)13-19-17(20)14-22-9-7-21(8-10-22)11-12-23-15-5-3-2-4-6-15/h2-6,13H,7-12,14H2,1H3. The van der Waals surface area contributed by atoms with Crippen molar-refractivity contribution in [2.75, 3.05) is 39.3 Å². The molecule has 0 atom stereocenters. The number of piperazine rings is 1. The summed E-state index contributed by atoms with van der Waals surface area (Å²) in [7, 11) is 1.96. The van der Waals surface area contributed by atoms with Gasteiger partial charge in [0, 0.05) is 39.8 Å². The zero-order valence-electron chi connectivity index (χ0n) is 13.5. The van der Waals surface area contributed by atoms with Crippen molar-refractivity contribution in [1.82, 2.24) is 19.4 Å². The molecule has 0 spiro atoms. The second kappa shape index (κ2) is 7.81. The van der Waals surface area contributed by atoms with E-state index >= 15 is 0 Å². The number of benzene rings is 1. The molecule has 2 heterocycles. The van der Waals surface area contributed by atoms with Gasteiger partial charge in [-0.2, -0.15) is 0 Å². The summed E-state index contributed by atoms with van der Waals surface area (Å²) >= 11 is 6.04. The fourth-order valence-corrected chi connectivity index (χ4v) is 2.90. The minimum Gasteiger partial charge on any atom is -0.492 e. The molecule has 0 unspecified atom stereocenters. The van der Waals surface area contributed by atoms with Crippen LogP contribution in [-0.4, -0.2) is 58.7 Å². The number of ether oxygens (including phenoxy) is 1. The van der Waals surface area contributed by atoms with Crippen LogP contribution in [-0.2, 0) is 13.6 Å². The molecule has 1 aromatic carbocycles. The maximum atomic E-state index is 6.04. The highest BCUT2D eigenvalue weighted by Gasteiger charge is 2.18. The Balaban J connectivity index is 1.38. The maximum absolute atomic E-state index is 6.04. The van der Waals surface area contributed by atoms with Crippen molar-refractivity contribution in [3.8, 4) is 5.75 Å². The molecule has 6 heteroatoms. The summed E-state index contributed by atoms with van der Waals surface area (Å²) in [5.41, 5.74) is 0. The quantitative estimate of drug-likeness (QED) is 0.811. The summed E-state index contributed by atoms with van der Waals surface area (Å²) in [5.74, 6) is 1.97. The molecule has 0 saturated carbocycles. The lowest BCUT2D eigenvalue weighted by Gasteiger charge is -2.34. The molecule has 5 nitrogen and oxygen atoms in total. The van der Waals surface area contributed by atoms with Crippen LogP contribution >= 0.6 is 11.6 Å². The summed E-state index contributed by atoms with van der Waals surface area (Å²) in [5, 5.41) is 0.691. The summed E-state index contributed by atoms with van der Waals surface area (Å²) in [6, 6.07) is 9.99. The van der Waals surface area contributed by atoms with Gasteiger partial charge < -0.3 is 9.30 Å². The number of nitrogens with zero attached hydrogens (tertiary/aromatic N) is 4. The van der Waals surface area contributed by atoms with E-state index in [9.17, 15) is 0 Å². The number of hydrogen-bond acceptors (Lipinski definition) is 4. The first-order chi connectivity index (χ1) is 11.2. The van der Waals surface area contributed by atoms with Gasteiger partial charge in [0.15, 0.2) is 0 Å². The predicted octanol–water partition coefficient (Wildman–Crippen LogP) is 2.27. The van der Waals surface area contributed by atoms with Crippen molar-refractivity contribution in [3.63, 3.8) is 0 Å². The smallest absolute Gasteiger partial charge is 0.128 e. The van der Waals surface area contributed by atoms with Crippen LogP contribution in [0.4, 0.5) is 0 Å². The fourth-order valence-electron chi connectivity index (χ4n) is 2.75. The Labute approximate surface area is 142 Å². The highest BCUT2D eigenvalue weighted by molar-refractivity contribution is 6.29. The third kappa shape index (κ3) is 4.47. The van der Waals surface area contributed by atoms with Gasteiger partial charge in [-0.15, -0.1) is 0 Å². The number of hydrogen-bond donors (Lipinski definition) is 0. The van der Waals surface area contributed by atoms with E-state index in [4.69, 9.17) is 16.3 Å². The second-order valence-corrected chi connectivity index (χ2v) is 6.22. The first-order valence-corrected chi connectivity index (χ1v) is 8.39. The molecule has 1 aliphatic heterocycles. The van der Waals surface area contributed by atoms with Crippen LogP contribution in [0.3, 0.4) is 0 Å². The van der Waals surface area contributed by atoms with E-state index in [0.717, 1.165) is 57.4 Å². The van der Waals surface area contributed by atoms with Gasteiger partial charge in [0.05, 0.1) is 12.7 Å². The third-order valence-corrected chi connectivity index (χ3v) is 4.63. The topological polar surface area (TPSA) is 33.5 Å². The Kier molecular flexibility index (Phi) is 5.54. The lowest BCUT2D eigenvalue weighted by molar-refractivity contribution is 0.110. The van der Waals surface area contributed by atoms with Crippen molar-refractivity contribution in [2.24, 2.45) is 7.05 Å². The summed E-state index contributed by atoms with van der Waals surface area (Å²) in [6.45, 7) is 6.80. The van der Waals surface area contributed by atoms with E-state index in [0.29, 0.717) is 5.15 Å². The fraction of sp³-hybridized carbons (Fsp3) is 0.471.